The van der Waals surface area contributed by atoms with Crippen molar-refractivity contribution in [1.29, 1.82) is 0 Å². The van der Waals surface area contributed by atoms with Crippen molar-refractivity contribution in [3.63, 3.8) is 0 Å². The second kappa shape index (κ2) is 4.70. The molecule has 1 aromatic rings. The van der Waals surface area contributed by atoms with Crippen LogP contribution in [-0.4, -0.2) is 11.7 Å². The molecule has 1 rings (SSSR count). The third kappa shape index (κ3) is 2.52. The van der Waals surface area contributed by atoms with Crippen LogP contribution in [0.2, 0.25) is 0 Å². The minimum absolute atomic E-state index is 0.458. The second-order valence-corrected chi connectivity index (χ2v) is 3.59. The molecule has 0 aliphatic heterocycles. The quantitative estimate of drug-likeness (QED) is 0.669. The highest BCUT2D eigenvalue weighted by Gasteiger charge is 2.02. The Morgan fingerprint density at radius 2 is 2.14 bits per heavy atom. The van der Waals surface area contributed by atoms with Crippen molar-refractivity contribution in [1.82, 2.24) is 4.98 Å². The summed E-state index contributed by atoms with van der Waals surface area (Å²) in [6, 6.07) is 4.16. The van der Waals surface area contributed by atoms with Crippen LogP contribution in [0.4, 0.5) is 0 Å². The summed E-state index contributed by atoms with van der Waals surface area (Å²) in [6.07, 6.45) is 3.55. The van der Waals surface area contributed by atoms with Crippen LogP contribution in [0.5, 0.6) is 0 Å². The molecule has 1 aromatic heterocycles. The van der Waals surface area contributed by atoms with Gasteiger partial charge in [-0.05, 0) is 37.3 Å². The van der Waals surface area contributed by atoms with Gasteiger partial charge in [0.2, 0.25) is 0 Å². The third-order valence-corrected chi connectivity index (χ3v) is 2.09. The maximum Gasteiger partial charge on any atom is 0.0677 e. The first kappa shape index (κ1) is 10.6. The van der Waals surface area contributed by atoms with E-state index in [9.17, 15) is 0 Å². The van der Waals surface area contributed by atoms with Crippen molar-refractivity contribution in [2.75, 3.05) is 0 Å². The predicted octanol–water partition coefficient (Wildman–Crippen LogP) is 3.18. The molecule has 1 heterocycles. The molecule has 0 radical (unpaired) electrons. The average Bonchev–Trinajstić information content (AvgIpc) is 2.16. The number of hydrogen-bond donors (Lipinski definition) is 0. The number of pyridine rings is 1. The number of aromatic nitrogens is 1. The predicted molar refractivity (Wildman–Crippen MR) is 61.6 cm³/mol. The lowest BCUT2D eigenvalue weighted by atomic mass is 10.1. The van der Waals surface area contributed by atoms with E-state index in [0.29, 0.717) is 5.92 Å². The Morgan fingerprint density at radius 1 is 1.43 bits per heavy atom. The van der Waals surface area contributed by atoms with Gasteiger partial charge in [-0.1, -0.05) is 19.9 Å². The van der Waals surface area contributed by atoms with E-state index in [0.717, 1.165) is 17.0 Å². The van der Waals surface area contributed by atoms with E-state index in [2.05, 4.69) is 42.7 Å². The van der Waals surface area contributed by atoms with Gasteiger partial charge in [-0.2, -0.15) is 0 Å². The van der Waals surface area contributed by atoms with Crippen molar-refractivity contribution in [2.45, 2.75) is 26.7 Å². The van der Waals surface area contributed by atoms with Gasteiger partial charge in [0.05, 0.1) is 5.69 Å². The molecule has 0 saturated carbocycles. The molecule has 0 unspecified atom stereocenters. The van der Waals surface area contributed by atoms with Crippen molar-refractivity contribution in [3.8, 4) is 0 Å². The Kier molecular flexibility index (Phi) is 3.57. The maximum atomic E-state index is 4.53. The topological polar surface area (TPSA) is 25.2 Å². The largest absolute Gasteiger partial charge is 0.272 e. The van der Waals surface area contributed by atoms with Crippen molar-refractivity contribution < 1.29 is 0 Å². The Morgan fingerprint density at radius 3 is 2.71 bits per heavy atom. The van der Waals surface area contributed by atoms with Gasteiger partial charge in [0.25, 0.3) is 0 Å². The summed E-state index contributed by atoms with van der Waals surface area (Å²) in [7, 11) is 0. The fourth-order valence-corrected chi connectivity index (χ4v) is 1.17. The summed E-state index contributed by atoms with van der Waals surface area (Å²) >= 11 is 0. The van der Waals surface area contributed by atoms with Gasteiger partial charge in [0.1, 0.15) is 0 Å². The highest BCUT2D eigenvalue weighted by atomic mass is 14.7. The minimum Gasteiger partial charge on any atom is -0.272 e. The second-order valence-electron chi connectivity index (χ2n) is 3.59. The number of hydrogen-bond acceptors (Lipinski definition) is 2. The van der Waals surface area contributed by atoms with Crippen molar-refractivity contribution in [2.24, 2.45) is 4.99 Å². The van der Waals surface area contributed by atoms with Crippen LogP contribution in [-0.2, 0) is 0 Å². The van der Waals surface area contributed by atoms with E-state index < -0.39 is 0 Å². The highest BCUT2D eigenvalue weighted by molar-refractivity contribution is 5.50. The molecule has 0 spiro atoms. The normalized spacial score (nSPS) is 11.1. The fourth-order valence-electron chi connectivity index (χ4n) is 1.17. The smallest absolute Gasteiger partial charge is 0.0677 e. The van der Waals surface area contributed by atoms with E-state index in [1.807, 2.05) is 13.0 Å². The lowest BCUT2D eigenvalue weighted by molar-refractivity contribution is 0.819. The van der Waals surface area contributed by atoms with E-state index in [4.69, 9.17) is 0 Å². The number of aryl methyl sites for hydroxylation is 1. The number of rotatable bonds is 3. The lowest BCUT2D eigenvalue weighted by Crippen LogP contribution is -1.96. The summed E-state index contributed by atoms with van der Waals surface area (Å²) in [4.78, 5) is 8.21. The standard InChI is InChI=1S/C12H16N2/c1-9(2)11-6-5-10(3)12(14-11)7-8-13-4/h5-9H,4H2,1-3H3/b8-7-. The summed E-state index contributed by atoms with van der Waals surface area (Å²) in [5, 5.41) is 0. The lowest BCUT2D eigenvalue weighted by Gasteiger charge is -2.06. The molecule has 0 aliphatic carbocycles. The third-order valence-electron chi connectivity index (χ3n) is 2.09. The molecular weight excluding hydrogens is 172 g/mol. The zero-order valence-electron chi connectivity index (χ0n) is 8.99. The molecular formula is C12H16N2. The van der Waals surface area contributed by atoms with Gasteiger partial charge in [0, 0.05) is 11.9 Å². The van der Waals surface area contributed by atoms with Gasteiger partial charge in [0.15, 0.2) is 0 Å². The number of nitrogens with zero attached hydrogens (tertiary/aromatic N) is 2. The van der Waals surface area contributed by atoms with E-state index in [1.54, 1.807) is 6.20 Å². The molecule has 0 aliphatic rings. The van der Waals surface area contributed by atoms with Crippen molar-refractivity contribution in [3.05, 3.63) is 35.3 Å². The Hall–Kier alpha value is -1.44. The van der Waals surface area contributed by atoms with Gasteiger partial charge in [-0.3, -0.25) is 9.98 Å². The summed E-state index contributed by atoms with van der Waals surface area (Å²) in [5.41, 5.74) is 3.25. The summed E-state index contributed by atoms with van der Waals surface area (Å²) < 4.78 is 0. The Bertz CT molecular complexity index is 351. The van der Waals surface area contributed by atoms with E-state index in [-0.39, 0.29) is 0 Å². The van der Waals surface area contributed by atoms with Crippen LogP contribution in [0.3, 0.4) is 0 Å². The molecule has 14 heavy (non-hydrogen) atoms. The van der Waals surface area contributed by atoms with Crippen LogP contribution in [0, 0.1) is 6.92 Å². The van der Waals surface area contributed by atoms with Crippen LogP contribution >= 0.6 is 0 Å². The molecule has 0 aromatic carbocycles. The molecule has 2 nitrogen and oxygen atoms in total. The van der Waals surface area contributed by atoms with Gasteiger partial charge >= 0.3 is 0 Å². The number of aliphatic imine (C=N–C) groups is 1. The van der Waals surface area contributed by atoms with Gasteiger partial charge in [-0.15, -0.1) is 0 Å². The molecule has 0 bridgehead atoms. The molecule has 0 N–H and O–H groups in total. The summed E-state index contributed by atoms with van der Waals surface area (Å²) in [6.45, 7) is 9.71. The van der Waals surface area contributed by atoms with Crippen LogP contribution in [0.25, 0.3) is 6.08 Å². The first-order valence-corrected chi connectivity index (χ1v) is 4.75. The monoisotopic (exact) mass is 188 g/mol. The van der Waals surface area contributed by atoms with Gasteiger partial charge in [-0.25, -0.2) is 0 Å². The molecule has 0 atom stereocenters. The van der Waals surface area contributed by atoms with E-state index >= 15 is 0 Å². The molecule has 0 saturated heterocycles. The zero-order chi connectivity index (χ0) is 10.6. The van der Waals surface area contributed by atoms with Crippen LogP contribution in [0.1, 0.15) is 36.7 Å². The molecule has 0 amide bonds. The zero-order valence-corrected chi connectivity index (χ0v) is 8.99. The molecule has 74 valence electrons. The molecule has 2 heteroatoms. The van der Waals surface area contributed by atoms with Crippen molar-refractivity contribution >= 4 is 12.8 Å². The minimum atomic E-state index is 0.458. The fraction of sp³-hybridized carbons (Fsp3) is 0.333. The average molecular weight is 188 g/mol. The SMILES string of the molecule is C=N/C=C\c1nc(C(C)C)ccc1C. The summed E-state index contributed by atoms with van der Waals surface area (Å²) in [5.74, 6) is 0.458. The van der Waals surface area contributed by atoms with E-state index in [1.165, 1.54) is 0 Å². The first-order valence-electron chi connectivity index (χ1n) is 4.75. The first-order chi connectivity index (χ1) is 6.65. The Labute approximate surface area is 85.4 Å². The maximum absolute atomic E-state index is 4.53. The van der Waals surface area contributed by atoms with Gasteiger partial charge < -0.3 is 0 Å². The van der Waals surface area contributed by atoms with Crippen LogP contribution in [0.15, 0.2) is 23.3 Å². The Balaban J connectivity index is 3.08. The molecule has 0 fully saturated rings. The van der Waals surface area contributed by atoms with Crippen LogP contribution < -0.4 is 0 Å². The highest BCUT2D eigenvalue weighted by Crippen LogP contribution is 2.15.